The molecular weight excluding hydrogens is 216 g/mol. The molecule has 1 fully saturated rings. The molecule has 0 saturated heterocycles. The van der Waals surface area contributed by atoms with Crippen molar-refractivity contribution in [3.05, 3.63) is 17.8 Å². The molecule has 1 N–H and O–H groups in total. The van der Waals surface area contributed by atoms with E-state index in [0.29, 0.717) is 13.2 Å². The normalized spacial score (nSPS) is 18.7. The van der Waals surface area contributed by atoms with Crippen LogP contribution in [0.5, 0.6) is 0 Å². The maximum atomic E-state index is 5.84. The molecule has 4 nitrogen and oxygen atoms in total. The maximum absolute atomic E-state index is 5.84. The standard InChI is InChI=1S/C13H22N2O2/c1-13(5-3-4-6-13)11-9-15-12(17-11)10-14-7-8-16-2/h9,14H,3-8,10H2,1-2H3. The van der Waals surface area contributed by atoms with Crippen LogP contribution in [-0.4, -0.2) is 25.2 Å². The van der Waals surface area contributed by atoms with E-state index in [1.165, 1.54) is 25.7 Å². The van der Waals surface area contributed by atoms with Crippen LogP contribution in [0.2, 0.25) is 0 Å². The number of methoxy groups -OCH3 is 1. The topological polar surface area (TPSA) is 47.3 Å². The lowest BCUT2D eigenvalue weighted by Gasteiger charge is -2.19. The van der Waals surface area contributed by atoms with Crippen molar-refractivity contribution in [2.45, 2.75) is 44.6 Å². The first-order chi connectivity index (χ1) is 8.24. The fraction of sp³-hybridized carbons (Fsp3) is 0.769. The Balaban J connectivity index is 1.87. The third-order valence-corrected chi connectivity index (χ3v) is 3.61. The molecule has 1 aliphatic rings. The summed E-state index contributed by atoms with van der Waals surface area (Å²) >= 11 is 0. The number of nitrogens with zero attached hydrogens (tertiary/aromatic N) is 1. The smallest absolute Gasteiger partial charge is 0.208 e. The van der Waals surface area contributed by atoms with Crippen LogP contribution in [0, 0.1) is 0 Å². The van der Waals surface area contributed by atoms with E-state index in [-0.39, 0.29) is 5.41 Å². The third-order valence-electron chi connectivity index (χ3n) is 3.61. The van der Waals surface area contributed by atoms with Gasteiger partial charge in [-0.1, -0.05) is 19.8 Å². The molecule has 0 aliphatic heterocycles. The second-order valence-corrected chi connectivity index (χ2v) is 5.06. The minimum atomic E-state index is 0.220. The fourth-order valence-corrected chi connectivity index (χ4v) is 2.44. The average Bonchev–Trinajstić information content (AvgIpc) is 2.94. The van der Waals surface area contributed by atoms with Gasteiger partial charge < -0.3 is 14.5 Å². The van der Waals surface area contributed by atoms with Gasteiger partial charge >= 0.3 is 0 Å². The Bertz CT molecular complexity index is 343. The lowest BCUT2D eigenvalue weighted by molar-refractivity contribution is 0.198. The van der Waals surface area contributed by atoms with Gasteiger partial charge in [0.05, 0.1) is 19.3 Å². The van der Waals surface area contributed by atoms with Crippen LogP contribution in [0.4, 0.5) is 0 Å². The highest BCUT2D eigenvalue weighted by Gasteiger charge is 2.33. The van der Waals surface area contributed by atoms with Crippen molar-refractivity contribution in [1.82, 2.24) is 10.3 Å². The Morgan fingerprint density at radius 1 is 1.47 bits per heavy atom. The van der Waals surface area contributed by atoms with Gasteiger partial charge in [0.25, 0.3) is 0 Å². The zero-order chi connectivity index (χ0) is 12.1. The molecule has 1 aliphatic carbocycles. The Morgan fingerprint density at radius 2 is 2.24 bits per heavy atom. The van der Waals surface area contributed by atoms with Crippen molar-refractivity contribution in [3.8, 4) is 0 Å². The van der Waals surface area contributed by atoms with Crippen LogP contribution in [0.1, 0.15) is 44.3 Å². The predicted octanol–water partition coefficient (Wildman–Crippen LogP) is 2.24. The van der Waals surface area contributed by atoms with E-state index in [4.69, 9.17) is 9.15 Å². The average molecular weight is 238 g/mol. The molecule has 4 heteroatoms. The number of rotatable bonds is 6. The fourth-order valence-electron chi connectivity index (χ4n) is 2.44. The highest BCUT2D eigenvalue weighted by molar-refractivity contribution is 5.11. The van der Waals surface area contributed by atoms with Crippen LogP contribution in [0.3, 0.4) is 0 Å². The summed E-state index contributed by atoms with van der Waals surface area (Å²) in [4.78, 5) is 4.33. The van der Waals surface area contributed by atoms with Crippen LogP contribution < -0.4 is 5.32 Å². The van der Waals surface area contributed by atoms with E-state index >= 15 is 0 Å². The minimum Gasteiger partial charge on any atom is -0.444 e. The molecule has 0 unspecified atom stereocenters. The van der Waals surface area contributed by atoms with Crippen LogP contribution in [0.15, 0.2) is 10.6 Å². The number of oxazole rings is 1. The molecule has 1 aromatic rings. The number of hydrogen-bond acceptors (Lipinski definition) is 4. The van der Waals surface area contributed by atoms with Gasteiger partial charge in [0, 0.05) is 19.1 Å². The molecule has 96 valence electrons. The van der Waals surface area contributed by atoms with Gasteiger partial charge in [-0.15, -0.1) is 0 Å². The Morgan fingerprint density at radius 3 is 2.94 bits per heavy atom. The van der Waals surface area contributed by atoms with E-state index in [0.717, 1.165) is 18.2 Å². The monoisotopic (exact) mass is 238 g/mol. The van der Waals surface area contributed by atoms with Gasteiger partial charge in [-0.25, -0.2) is 4.98 Å². The number of ether oxygens (including phenoxy) is 1. The predicted molar refractivity (Wildman–Crippen MR) is 65.9 cm³/mol. The summed E-state index contributed by atoms with van der Waals surface area (Å²) in [5.74, 6) is 1.84. The summed E-state index contributed by atoms with van der Waals surface area (Å²) in [5, 5.41) is 3.24. The number of nitrogens with one attached hydrogen (secondary N) is 1. The Kier molecular flexibility index (Phi) is 4.18. The lowest BCUT2D eigenvalue weighted by Crippen LogP contribution is -2.19. The van der Waals surface area contributed by atoms with Crippen molar-refractivity contribution >= 4 is 0 Å². The molecule has 0 atom stereocenters. The van der Waals surface area contributed by atoms with E-state index < -0.39 is 0 Å². The van der Waals surface area contributed by atoms with Gasteiger partial charge in [0.2, 0.25) is 5.89 Å². The molecular formula is C13H22N2O2. The number of hydrogen-bond donors (Lipinski definition) is 1. The zero-order valence-corrected chi connectivity index (χ0v) is 10.8. The highest BCUT2D eigenvalue weighted by Crippen LogP contribution is 2.40. The SMILES string of the molecule is COCCNCc1ncc(C2(C)CCCC2)o1. The van der Waals surface area contributed by atoms with E-state index in [2.05, 4.69) is 17.2 Å². The molecule has 17 heavy (non-hydrogen) atoms. The summed E-state index contributed by atoms with van der Waals surface area (Å²) in [6, 6.07) is 0. The largest absolute Gasteiger partial charge is 0.444 e. The maximum Gasteiger partial charge on any atom is 0.208 e. The van der Waals surface area contributed by atoms with Crippen molar-refractivity contribution in [1.29, 1.82) is 0 Å². The second kappa shape index (κ2) is 5.65. The molecule has 0 radical (unpaired) electrons. The summed E-state index contributed by atoms with van der Waals surface area (Å²) in [7, 11) is 1.70. The van der Waals surface area contributed by atoms with Crippen molar-refractivity contribution in [3.63, 3.8) is 0 Å². The molecule has 1 heterocycles. The van der Waals surface area contributed by atoms with Gasteiger partial charge in [-0.2, -0.15) is 0 Å². The van der Waals surface area contributed by atoms with Gasteiger partial charge in [-0.3, -0.25) is 0 Å². The zero-order valence-electron chi connectivity index (χ0n) is 10.8. The molecule has 0 bridgehead atoms. The highest BCUT2D eigenvalue weighted by atomic mass is 16.5. The van der Waals surface area contributed by atoms with Gasteiger partial charge in [0.15, 0.2) is 0 Å². The van der Waals surface area contributed by atoms with Crippen molar-refractivity contribution < 1.29 is 9.15 Å². The van der Waals surface area contributed by atoms with Crippen LogP contribution in [0.25, 0.3) is 0 Å². The molecule has 1 saturated carbocycles. The first kappa shape index (κ1) is 12.6. The lowest BCUT2D eigenvalue weighted by atomic mass is 9.87. The Hall–Kier alpha value is -0.870. The van der Waals surface area contributed by atoms with Crippen LogP contribution >= 0.6 is 0 Å². The Labute approximate surface area is 103 Å². The molecule has 1 aromatic heterocycles. The van der Waals surface area contributed by atoms with Crippen LogP contribution in [-0.2, 0) is 16.7 Å². The second-order valence-electron chi connectivity index (χ2n) is 5.06. The minimum absolute atomic E-state index is 0.220. The summed E-state index contributed by atoms with van der Waals surface area (Å²) < 4.78 is 10.8. The third kappa shape index (κ3) is 3.07. The van der Waals surface area contributed by atoms with E-state index in [9.17, 15) is 0 Å². The molecule has 0 spiro atoms. The van der Waals surface area contributed by atoms with E-state index in [1.807, 2.05) is 6.20 Å². The molecule has 0 aromatic carbocycles. The summed E-state index contributed by atoms with van der Waals surface area (Å²) in [6.07, 6.45) is 6.95. The van der Waals surface area contributed by atoms with Crippen molar-refractivity contribution in [2.24, 2.45) is 0 Å². The summed E-state index contributed by atoms with van der Waals surface area (Å²) in [6.45, 7) is 4.50. The first-order valence-electron chi connectivity index (χ1n) is 6.39. The number of aromatic nitrogens is 1. The molecule has 0 amide bonds. The van der Waals surface area contributed by atoms with Gasteiger partial charge in [-0.05, 0) is 12.8 Å². The molecule has 2 rings (SSSR count). The first-order valence-corrected chi connectivity index (χ1v) is 6.39. The summed E-state index contributed by atoms with van der Waals surface area (Å²) in [5.41, 5.74) is 0.220. The van der Waals surface area contributed by atoms with Gasteiger partial charge in [0.1, 0.15) is 5.76 Å². The van der Waals surface area contributed by atoms with Crippen molar-refractivity contribution in [2.75, 3.05) is 20.3 Å². The van der Waals surface area contributed by atoms with E-state index in [1.54, 1.807) is 7.11 Å². The quantitative estimate of drug-likeness (QED) is 0.772.